The number of hydrogen-bond donors (Lipinski definition) is 3. The second kappa shape index (κ2) is 9.80. The third-order valence-corrected chi connectivity index (χ3v) is 4.03. The Hall–Kier alpha value is -2.38. The Morgan fingerprint density at radius 2 is 2.28 bits per heavy atom. The normalized spacial score (nSPS) is 18.2. The van der Waals surface area contributed by atoms with E-state index >= 15 is 0 Å². The maximum Gasteiger partial charge on any atom is 0.237 e. The lowest BCUT2D eigenvalue weighted by Crippen LogP contribution is -2.56. The van der Waals surface area contributed by atoms with Crippen LogP contribution in [0, 0.1) is 0 Å². The molecule has 0 radical (unpaired) electrons. The van der Waals surface area contributed by atoms with Crippen molar-refractivity contribution in [3.63, 3.8) is 0 Å². The molecule has 7 nitrogen and oxygen atoms in total. The Morgan fingerprint density at radius 1 is 1.48 bits per heavy atom. The summed E-state index contributed by atoms with van der Waals surface area (Å²) >= 11 is 0. The molecule has 7 heteroatoms. The summed E-state index contributed by atoms with van der Waals surface area (Å²) in [5.41, 5.74) is 0.962. The van der Waals surface area contributed by atoms with Crippen LogP contribution in [0.15, 0.2) is 30.3 Å². The molecular weight excluding hydrogens is 322 g/mol. The number of nitrogens with zero attached hydrogens (tertiary/aromatic N) is 1. The zero-order valence-corrected chi connectivity index (χ0v) is 14.4. The molecule has 0 aromatic heterocycles. The Morgan fingerprint density at radius 3 is 3.04 bits per heavy atom. The standard InChI is InChI=1S/C18H25N3O4/c1-25-16-7-3-2-5-14(16)6-4-10-21-11-8-20-18(24)15(21)13-17(23)19-9-12-22/h2-7,15,22H,8-13H2,1H3,(H,19,23)(H,20,24)/b6-4+. The van der Waals surface area contributed by atoms with E-state index in [4.69, 9.17) is 9.84 Å². The summed E-state index contributed by atoms with van der Waals surface area (Å²) < 4.78 is 5.31. The van der Waals surface area contributed by atoms with E-state index in [1.54, 1.807) is 7.11 Å². The third-order valence-electron chi connectivity index (χ3n) is 4.03. The molecule has 0 spiro atoms. The first-order chi connectivity index (χ1) is 12.2. The average molecular weight is 347 g/mol. The van der Waals surface area contributed by atoms with Crippen LogP contribution in [0.5, 0.6) is 5.75 Å². The molecule has 1 atom stereocenters. The Kier molecular flexibility index (Phi) is 7.43. The predicted octanol–water partition coefficient (Wildman–Crippen LogP) is 0.00740. The molecule has 0 bridgehead atoms. The first-order valence-electron chi connectivity index (χ1n) is 8.34. The molecule has 1 heterocycles. The van der Waals surface area contributed by atoms with Gasteiger partial charge in [-0.05, 0) is 6.07 Å². The second-order valence-corrected chi connectivity index (χ2v) is 5.72. The number of amides is 2. The summed E-state index contributed by atoms with van der Waals surface area (Å²) in [6.07, 6.45) is 4.00. The topological polar surface area (TPSA) is 90.9 Å². The van der Waals surface area contributed by atoms with Crippen molar-refractivity contribution in [1.82, 2.24) is 15.5 Å². The van der Waals surface area contributed by atoms with Gasteiger partial charge in [-0.25, -0.2) is 0 Å². The second-order valence-electron chi connectivity index (χ2n) is 5.72. The van der Waals surface area contributed by atoms with E-state index < -0.39 is 6.04 Å². The lowest BCUT2D eigenvalue weighted by Gasteiger charge is -2.33. The van der Waals surface area contributed by atoms with Crippen molar-refractivity contribution >= 4 is 17.9 Å². The van der Waals surface area contributed by atoms with Crippen molar-refractivity contribution < 1.29 is 19.4 Å². The van der Waals surface area contributed by atoms with Crippen molar-refractivity contribution in [3.05, 3.63) is 35.9 Å². The van der Waals surface area contributed by atoms with Gasteiger partial charge in [0.15, 0.2) is 0 Å². The van der Waals surface area contributed by atoms with Gasteiger partial charge in [-0.1, -0.05) is 30.4 Å². The van der Waals surface area contributed by atoms with Crippen LogP contribution in [0.4, 0.5) is 0 Å². The van der Waals surface area contributed by atoms with Crippen LogP contribution >= 0.6 is 0 Å². The highest BCUT2D eigenvalue weighted by molar-refractivity contribution is 5.88. The Labute approximate surface area is 147 Å². The SMILES string of the molecule is COc1ccccc1/C=C/CN1CCNC(=O)C1CC(=O)NCCO. The highest BCUT2D eigenvalue weighted by Crippen LogP contribution is 2.19. The molecule has 1 fully saturated rings. The molecule has 0 saturated carbocycles. The Bertz CT molecular complexity index is 618. The van der Waals surface area contributed by atoms with E-state index in [0.29, 0.717) is 19.6 Å². The largest absolute Gasteiger partial charge is 0.496 e. The molecule has 3 N–H and O–H groups in total. The molecule has 1 aliphatic heterocycles. The van der Waals surface area contributed by atoms with Crippen LogP contribution in [0.2, 0.25) is 0 Å². The summed E-state index contributed by atoms with van der Waals surface area (Å²) in [7, 11) is 1.63. The van der Waals surface area contributed by atoms with Gasteiger partial charge in [-0.3, -0.25) is 14.5 Å². The van der Waals surface area contributed by atoms with Gasteiger partial charge in [0.1, 0.15) is 5.75 Å². The fraction of sp³-hybridized carbons (Fsp3) is 0.444. The lowest BCUT2D eigenvalue weighted by atomic mass is 10.1. The van der Waals surface area contributed by atoms with Gasteiger partial charge in [0.25, 0.3) is 0 Å². The molecule has 2 amide bonds. The minimum atomic E-state index is -0.505. The van der Waals surface area contributed by atoms with Gasteiger partial charge in [0, 0.05) is 31.7 Å². The number of piperazine rings is 1. The van der Waals surface area contributed by atoms with Crippen molar-refractivity contribution in [1.29, 1.82) is 0 Å². The van der Waals surface area contributed by atoms with E-state index in [1.165, 1.54) is 0 Å². The Balaban J connectivity index is 1.98. The third kappa shape index (κ3) is 5.58. The molecule has 25 heavy (non-hydrogen) atoms. The molecule has 1 saturated heterocycles. The summed E-state index contributed by atoms with van der Waals surface area (Å²) in [5, 5.41) is 14.2. The molecular formula is C18H25N3O4. The summed E-state index contributed by atoms with van der Waals surface area (Å²) in [4.78, 5) is 26.0. The van der Waals surface area contributed by atoms with Gasteiger partial charge in [-0.15, -0.1) is 0 Å². The maximum absolute atomic E-state index is 12.1. The van der Waals surface area contributed by atoms with E-state index in [-0.39, 0.29) is 31.4 Å². The molecule has 1 aliphatic rings. The number of nitrogens with one attached hydrogen (secondary N) is 2. The minimum absolute atomic E-state index is 0.0777. The molecule has 136 valence electrons. The van der Waals surface area contributed by atoms with Crippen LogP contribution in [0.25, 0.3) is 6.08 Å². The summed E-state index contributed by atoms with van der Waals surface area (Å²) in [6.45, 7) is 1.88. The van der Waals surface area contributed by atoms with Crippen molar-refractivity contribution in [2.45, 2.75) is 12.5 Å². The fourth-order valence-electron chi connectivity index (χ4n) is 2.76. The first kappa shape index (κ1) is 19.0. The van der Waals surface area contributed by atoms with Crippen LogP contribution in [0.3, 0.4) is 0 Å². The zero-order chi connectivity index (χ0) is 18.1. The number of hydrogen-bond acceptors (Lipinski definition) is 5. The lowest BCUT2D eigenvalue weighted by molar-refractivity contribution is -0.133. The van der Waals surface area contributed by atoms with Crippen molar-refractivity contribution in [3.8, 4) is 5.75 Å². The fourth-order valence-corrected chi connectivity index (χ4v) is 2.76. The predicted molar refractivity (Wildman–Crippen MR) is 95.1 cm³/mol. The first-order valence-corrected chi connectivity index (χ1v) is 8.34. The number of aliphatic hydroxyl groups excluding tert-OH is 1. The van der Waals surface area contributed by atoms with E-state index in [0.717, 1.165) is 11.3 Å². The number of methoxy groups -OCH3 is 1. The molecule has 0 aliphatic carbocycles. The maximum atomic E-state index is 12.1. The minimum Gasteiger partial charge on any atom is -0.496 e. The zero-order valence-electron chi connectivity index (χ0n) is 14.4. The van der Waals surface area contributed by atoms with Crippen LogP contribution in [0.1, 0.15) is 12.0 Å². The smallest absolute Gasteiger partial charge is 0.237 e. The van der Waals surface area contributed by atoms with Gasteiger partial charge in [-0.2, -0.15) is 0 Å². The van der Waals surface area contributed by atoms with Gasteiger partial charge < -0.3 is 20.5 Å². The van der Waals surface area contributed by atoms with Crippen molar-refractivity contribution in [2.75, 3.05) is 39.9 Å². The summed E-state index contributed by atoms with van der Waals surface area (Å²) in [5.74, 6) is 0.404. The number of carbonyl (C=O) groups excluding carboxylic acids is 2. The van der Waals surface area contributed by atoms with Gasteiger partial charge in [0.2, 0.25) is 11.8 Å². The van der Waals surface area contributed by atoms with Crippen molar-refractivity contribution in [2.24, 2.45) is 0 Å². The van der Waals surface area contributed by atoms with Gasteiger partial charge >= 0.3 is 0 Å². The van der Waals surface area contributed by atoms with E-state index in [2.05, 4.69) is 10.6 Å². The number of para-hydroxylation sites is 1. The molecule has 1 aromatic rings. The average Bonchev–Trinajstić information content (AvgIpc) is 2.63. The number of aliphatic hydroxyl groups is 1. The van der Waals surface area contributed by atoms with E-state index in [1.807, 2.05) is 41.3 Å². The number of ether oxygens (including phenoxy) is 1. The number of benzene rings is 1. The molecule has 1 unspecified atom stereocenters. The van der Waals surface area contributed by atoms with Crippen LogP contribution < -0.4 is 15.4 Å². The molecule has 2 rings (SSSR count). The number of rotatable bonds is 8. The number of carbonyl (C=O) groups is 2. The monoisotopic (exact) mass is 347 g/mol. The van der Waals surface area contributed by atoms with E-state index in [9.17, 15) is 9.59 Å². The highest BCUT2D eigenvalue weighted by Gasteiger charge is 2.30. The molecule has 1 aromatic carbocycles. The van der Waals surface area contributed by atoms with Crippen LogP contribution in [-0.4, -0.2) is 67.8 Å². The quantitative estimate of drug-likeness (QED) is 0.616. The highest BCUT2D eigenvalue weighted by atomic mass is 16.5. The summed E-state index contributed by atoms with van der Waals surface area (Å²) in [6, 6.07) is 7.19. The van der Waals surface area contributed by atoms with Gasteiger partial charge in [0.05, 0.1) is 26.2 Å². The van der Waals surface area contributed by atoms with Crippen LogP contribution in [-0.2, 0) is 9.59 Å².